The highest BCUT2D eigenvalue weighted by atomic mass is 32.1. The van der Waals surface area contributed by atoms with Crippen LogP contribution in [0.4, 0.5) is 5.69 Å². The van der Waals surface area contributed by atoms with Gasteiger partial charge in [0.05, 0.1) is 16.1 Å². The summed E-state index contributed by atoms with van der Waals surface area (Å²) in [6.07, 6.45) is 1.62. The van der Waals surface area contributed by atoms with E-state index in [0.717, 1.165) is 11.3 Å². The van der Waals surface area contributed by atoms with Gasteiger partial charge in [-0.25, -0.2) is 4.68 Å². The van der Waals surface area contributed by atoms with Crippen LogP contribution in [-0.2, 0) is 0 Å². The molecule has 138 valence electrons. The molecular formula is C22H17N3O2S. The van der Waals surface area contributed by atoms with Gasteiger partial charge in [0, 0.05) is 11.9 Å². The summed E-state index contributed by atoms with van der Waals surface area (Å²) in [6.45, 7) is 1.98. The van der Waals surface area contributed by atoms with E-state index in [2.05, 4.69) is 10.4 Å². The first-order valence-electron chi connectivity index (χ1n) is 8.73. The highest BCUT2D eigenvalue weighted by Gasteiger charge is 2.24. The molecule has 0 spiro atoms. The van der Waals surface area contributed by atoms with Crippen LogP contribution in [-0.4, -0.2) is 21.5 Å². The van der Waals surface area contributed by atoms with Crippen LogP contribution >= 0.6 is 11.3 Å². The van der Waals surface area contributed by atoms with Crippen LogP contribution in [0.25, 0.3) is 5.69 Å². The first-order valence-corrected chi connectivity index (χ1v) is 9.61. The summed E-state index contributed by atoms with van der Waals surface area (Å²) >= 11 is 1.34. The lowest BCUT2D eigenvalue weighted by molar-refractivity contribution is 0.0995. The highest BCUT2D eigenvalue weighted by molar-refractivity contribution is 7.12. The number of benzene rings is 2. The standard InChI is InChI=1S/C22H17N3O2S/c1-15-7-5-10-17(13-15)25-14-18(21(26)19-11-6-12-28-19)20(24-25)22(27)23-16-8-3-2-4-9-16/h2-14H,1H3,(H,23,27). The fourth-order valence-corrected chi connectivity index (χ4v) is 3.54. The lowest BCUT2D eigenvalue weighted by Gasteiger charge is -2.04. The Kier molecular flexibility index (Phi) is 4.87. The molecule has 0 atom stereocenters. The summed E-state index contributed by atoms with van der Waals surface area (Å²) in [4.78, 5) is 26.4. The molecule has 0 radical (unpaired) electrons. The number of nitrogens with one attached hydrogen (secondary N) is 1. The van der Waals surface area contributed by atoms with Crippen LogP contribution in [0.5, 0.6) is 0 Å². The van der Waals surface area contributed by atoms with Crippen molar-refractivity contribution in [2.75, 3.05) is 5.32 Å². The van der Waals surface area contributed by atoms with Crippen LogP contribution in [0.1, 0.15) is 31.3 Å². The highest BCUT2D eigenvalue weighted by Crippen LogP contribution is 2.21. The zero-order valence-electron chi connectivity index (χ0n) is 15.1. The lowest BCUT2D eigenvalue weighted by Crippen LogP contribution is -2.16. The molecule has 4 rings (SSSR count). The summed E-state index contributed by atoms with van der Waals surface area (Å²) in [5.74, 6) is -0.635. The number of thiophene rings is 1. The number of rotatable bonds is 5. The molecule has 0 aliphatic carbocycles. The molecule has 2 aromatic carbocycles. The molecule has 0 saturated heterocycles. The van der Waals surface area contributed by atoms with Crippen LogP contribution < -0.4 is 5.32 Å². The number of anilines is 1. The molecule has 0 fully saturated rings. The number of ketones is 1. The van der Waals surface area contributed by atoms with Crippen molar-refractivity contribution in [1.29, 1.82) is 0 Å². The third-order valence-electron chi connectivity index (χ3n) is 4.22. The molecule has 0 saturated carbocycles. The zero-order chi connectivity index (χ0) is 19.5. The van der Waals surface area contributed by atoms with Gasteiger partial charge < -0.3 is 5.32 Å². The van der Waals surface area contributed by atoms with E-state index in [0.29, 0.717) is 10.6 Å². The maximum atomic E-state index is 13.0. The number of amides is 1. The topological polar surface area (TPSA) is 64.0 Å². The van der Waals surface area contributed by atoms with Crippen LogP contribution in [0.2, 0.25) is 0 Å². The third-order valence-corrected chi connectivity index (χ3v) is 5.09. The largest absolute Gasteiger partial charge is 0.321 e. The summed E-state index contributed by atoms with van der Waals surface area (Å²) < 4.78 is 1.58. The second-order valence-corrected chi connectivity index (χ2v) is 7.25. The molecule has 1 amide bonds. The molecule has 28 heavy (non-hydrogen) atoms. The molecule has 2 heterocycles. The van der Waals surface area contributed by atoms with E-state index in [4.69, 9.17) is 0 Å². The maximum absolute atomic E-state index is 13.0. The van der Waals surface area contributed by atoms with Gasteiger partial charge in [-0.05, 0) is 48.2 Å². The Balaban J connectivity index is 1.76. The van der Waals surface area contributed by atoms with Crippen molar-refractivity contribution in [2.24, 2.45) is 0 Å². The van der Waals surface area contributed by atoms with Gasteiger partial charge in [0.15, 0.2) is 5.69 Å². The number of hydrogen-bond acceptors (Lipinski definition) is 4. The molecule has 1 N–H and O–H groups in total. The molecule has 0 unspecified atom stereocenters. The average Bonchev–Trinajstić information content (AvgIpc) is 3.39. The molecule has 6 heteroatoms. The molecule has 0 aliphatic heterocycles. The van der Waals surface area contributed by atoms with E-state index in [9.17, 15) is 9.59 Å². The smallest absolute Gasteiger partial charge is 0.276 e. The number of nitrogens with zero attached hydrogens (tertiary/aromatic N) is 2. The quantitative estimate of drug-likeness (QED) is 0.504. The number of aromatic nitrogens is 2. The van der Waals surface area contributed by atoms with E-state index in [-0.39, 0.29) is 17.0 Å². The fourth-order valence-electron chi connectivity index (χ4n) is 2.86. The maximum Gasteiger partial charge on any atom is 0.276 e. The average molecular weight is 387 g/mol. The van der Waals surface area contributed by atoms with Gasteiger partial charge in [0.25, 0.3) is 5.91 Å². The predicted molar refractivity (Wildman–Crippen MR) is 110 cm³/mol. The van der Waals surface area contributed by atoms with E-state index in [1.807, 2.05) is 60.8 Å². The SMILES string of the molecule is Cc1cccc(-n2cc(C(=O)c3cccs3)c(C(=O)Nc3ccccc3)n2)c1. The molecule has 0 bridgehead atoms. The van der Waals surface area contributed by atoms with Crippen molar-refractivity contribution in [3.8, 4) is 5.69 Å². The van der Waals surface area contributed by atoms with Crippen molar-refractivity contribution in [1.82, 2.24) is 9.78 Å². The van der Waals surface area contributed by atoms with Crippen LogP contribution in [0, 0.1) is 6.92 Å². The summed E-state index contributed by atoms with van der Waals surface area (Å²) in [5.41, 5.74) is 2.88. The molecule has 2 aromatic heterocycles. The number of para-hydroxylation sites is 1. The number of hydrogen-bond donors (Lipinski definition) is 1. The van der Waals surface area contributed by atoms with Crippen molar-refractivity contribution in [2.45, 2.75) is 6.92 Å². The second kappa shape index (κ2) is 7.62. The van der Waals surface area contributed by atoms with Gasteiger partial charge >= 0.3 is 0 Å². The summed E-state index contributed by atoms with van der Waals surface area (Å²) in [5, 5.41) is 9.08. The second-order valence-electron chi connectivity index (χ2n) is 6.30. The van der Waals surface area contributed by atoms with Gasteiger partial charge in [-0.3, -0.25) is 9.59 Å². The van der Waals surface area contributed by atoms with E-state index in [1.54, 1.807) is 29.1 Å². The Hall–Kier alpha value is -3.51. The van der Waals surface area contributed by atoms with Gasteiger partial charge in [-0.1, -0.05) is 36.4 Å². The van der Waals surface area contributed by atoms with Crippen molar-refractivity contribution >= 4 is 28.7 Å². The first-order chi connectivity index (χ1) is 13.6. The van der Waals surface area contributed by atoms with Crippen molar-refractivity contribution in [3.05, 3.63) is 100 Å². The summed E-state index contributed by atoms with van der Waals surface area (Å²) in [6, 6.07) is 20.4. The van der Waals surface area contributed by atoms with Gasteiger partial charge in [-0.2, -0.15) is 5.10 Å². The minimum Gasteiger partial charge on any atom is -0.321 e. The third kappa shape index (κ3) is 3.63. The molecule has 4 aromatic rings. The minimum absolute atomic E-state index is 0.101. The predicted octanol–water partition coefficient (Wildman–Crippen LogP) is 4.73. The monoisotopic (exact) mass is 387 g/mol. The van der Waals surface area contributed by atoms with Crippen LogP contribution in [0.15, 0.2) is 78.3 Å². The van der Waals surface area contributed by atoms with E-state index >= 15 is 0 Å². The Morgan fingerprint density at radius 3 is 2.54 bits per heavy atom. The van der Waals surface area contributed by atoms with Gasteiger partial charge in [0.1, 0.15) is 0 Å². The normalized spacial score (nSPS) is 10.6. The fraction of sp³-hybridized carbons (Fsp3) is 0.0455. The molecule has 5 nitrogen and oxygen atoms in total. The van der Waals surface area contributed by atoms with Crippen molar-refractivity contribution in [3.63, 3.8) is 0 Å². The number of carbonyl (C=O) groups is 2. The lowest BCUT2D eigenvalue weighted by atomic mass is 10.1. The Morgan fingerprint density at radius 2 is 1.82 bits per heavy atom. The van der Waals surface area contributed by atoms with Gasteiger partial charge in [-0.15, -0.1) is 11.3 Å². The number of aryl methyl sites for hydroxylation is 1. The van der Waals surface area contributed by atoms with Gasteiger partial charge in [0.2, 0.25) is 5.78 Å². The zero-order valence-corrected chi connectivity index (χ0v) is 15.9. The van der Waals surface area contributed by atoms with Crippen LogP contribution in [0.3, 0.4) is 0 Å². The van der Waals surface area contributed by atoms with E-state index in [1.165, 1.54) is 11.3 Å². The minimum atomic E-state index is -0.419. The first kappa shape index (κ1) is 17.9. The Morgan fingerprint density at radius 1 is 1.00 bits per heavy atom. The van der Waals surface area contributed by atoms with Crippen molar-refractivity contribution < 1.29 is 9.59 Å². The Bertz CT molecular complexity index is 1130. The molecule has 0 aliphatic rings. The van der Waals surface area contributed by atoms with E-state index < -0.39 is 5.91 Å². The number of carbonyl (C=O) groups excluding carboxylic acids is 2. The Labute approximate surface area is 166 Å². The molecular weight excluding hydrogens is 370 g/mol. The summed E-state index contributed by atoms with van der Waals surface area (Å²) in [7, 11) is 0.